The van der Waals surface area contributed by atoms with E-state index in [1.807, 2.05) is 0 Å². The normalized spacial score (nSPS) is 23.6. The summed E-state index contributed by atoms with van der Waals surface area (Å²) in [5.74, 6) is 0. The zero-order valence-electron chi connectivity index (χ0n) is 8.14. The lowest BCUT2D eigenvalue weighted by Crippen LogP contribution is -2.25. The Morgan fingerprint density at radius 3 is 3.20 bits per heavy atom. The molecule has 1 N–H and O–H groups in total. The number of benzene rings is 1. The lowest BCUT2D eigenvalue weighted by Gasteiger charge is -2.28. The van der Waals surface area contributed by atoms with Gasteiger partial charge in [-0.2, -0.15) is 0 Å². The van der Waals surface area contributed by atoms with Gasteiger partial charge in [-0.05, 0) is 23.3 Å². The second-order valence-electron chi connectivity index (χ2n) is 4.07. The highest BCUT2D eigenvalue weighted by molar-refractivity contribution is 5.75. The summed E-state index contributed by atoms with van der Waals surface area (Å²) in [7, 11) is 0. The fraction of sp³-hybridized carbons (Fsp3) is 0.0769. The van der Waals surface area contributed by atoms with Crippen molar-refractivity contribution < 1.29 is 0 Å². The summed E-state index contributed by atoms with van der Waals surface area (Å²) in [4.78, 5) is 0. The van der Waals surface area contributed by atoms with Crippen molar-refractivity contribution in [2.45, 2.75) is 6.04 Å². The van der Waals surface area contributed by atoms with E-state index in [0.717, 1.165) is 0 Å². The first-order valence-corrected chi connectivity index (χ1v) is 5.18. The number of hydrogen-bond acceptors (Lipinski definition) is 2. The van der Waals surface area contributed by atoms with Crippen LogP contribution >= 0.6 is 0 Å². The summed E-state index contributed by atoms with van der Waals surface area (Å²) in [5.41, 5.74) is 8.76. The minimum atomic E-state index is 0.381. The fourth-order valence-electron chi connectivity index (χ4n) is 2.60. The number of allylic oxidation sites excluding steroid dienone is 2. The van der Waals surface area contributed by atoms with E-state index in [1.165, 1.54) is 22.4 Å². The number of anilines is 1. The summed E-state index contributed by atoms with van der Waals surface area (Å²) >= 11 is 0. The average molecular weight is 194 g/mol. The zero-order chi connectivity index (χ0) is 9.83. The van der Waals surface area contributed by atoms with Crippen molar-refractivity contribution in [1.29, 1.82) is 0 Å². The van der Waals surface area contributed by atoms with E-state index in [9.17, 15) is 0 Å². The smallest absolute Gasteiger partial charge is 0.102 e. The van der Waals surface area contributed by atoms with Gasteiger partial charge in [-0.1, -0.05) is 30.4 Å². The van der Waals surface area contributed by atoms with Crippen molar-refractivity contribution in [3.8, 4) is 0 Å². The van der Waals surface area contributed by atoms with Crippen LogP contribution in [0.25, 0.3) is 6.08 Å². The van der Waals surface area contributed by atoms with Crippen LogP contribution < -0.4 is 5.43 Å². The van der Waals surface area contributed by atoms with Crippen LogP contribution in [-0.2, 0) is 0 Å². The SMILES string of the molecule is C1=CN2Nc3cccc4c3C2C(=C1)C=C4. The van der Waals surface area contributed by atoms with Gasteiger partial charge < -0.3 is 0 Å². The predicted molar refractivity (Wildman–Crippen MR) is 60.9 cm³/mol. The molecule has 0 saturated carbocycles. The van der Waals surface area contributed by atoms with Crippen LogP contribution in [0, 0.1) is 0 Å². The highest BCUT2D eigenvalue weighted by atomic mass is 15.5. The van der Waals surface area contributed by atoms with Gasteiger partial charge >= 0.3 is 0 Å². The van der Waals surface area contributed by atoms with Gasteiger partial charge in [-0.15, -0.1) is 0 Å². The third-order valence-corrected chi connectivity index (χ3v) is 3.25. The van der Waals surface area contributed by atoms with Crippen molar-refractivity contribution in [2.75, 3.05) is 5.43 Å². The first kappa shape index (κ1) is 7.35. The molecule has 2 aliphatic heterocycles. The van der Waals surface area contributed by atoms with E-state index in [-0.39, 0.29) is 0 Å². The van der Waals surface area contributed by atoms with Crippen molar-refractivity contribution in [3.05, 3.63) is 59.3 Å². The minimum Gasteiger partial charge on any atom is -0.298 e. The Morgan fingerprint density at radius 1 is 1.20 bits per heavy atom. The Kier molecular flexibility index (Phi) is 1.15. The molecule has 1 aromatic carbocycles. The molecular weight excluding hydrogens is 184 g/mol. The third-order valence-electron chi connectivity index (χ3n) is 3.25. The molecule has 0 bridgehead atoms. The fourth-order valence-corrected chi connectivity index (χ4v) is 2.60. The molecule has 1 unspecified atom stereocenters. The lowest BCUT2D eigenvalue weighted by molar-refractivity contribution is 0.399. The summed E-state index contributed by atoms with van der Waals surface area (Å²) in [6, 6.07) is 6.80. The van der Waals surface area contributed by atoms with Crippen molar-refractivity contribution in [3.63, 3.8) is 0 Å². The Bertz CT molecular complexity index is 537. The third kappa shape index (κ3) is 0.796. The highest BCUT2D eigenvalue weighted by Gasteiger charge is 2.34. The molecule has 0 spiro atoms. The molecule has 2 nitrogen and oxygen atoms in total. The largest absolute Gasteiger partial charge is 0.298 e. The van der Waals surface area contributed by atoms with Gasteiger partial charge in [0.05, 0.1) is 5.69 Å². The van der Waals surface area contributed by atoms with Gasteiger partial charge in [0.15, 0.2) is 0 Å². The number of hydrazine groups is 1. The standard InChI is InChI=1S/C13H10N2/c1-3-9-6-7-10-4-2-8-15-13(10)12(9)11(5-1)14-15/h1-8,13-14H. The Labute approximate surface area is 88.2 Å². The Morgan fingerprint density at radius 2 is 2.20 bits per heavy atom. The molecule has 2 heteroatoms. The van der Waals surface area contributed by atoms with E-state index in [1.54, 1.807) is 0 Å². The molecule has 72 valence electrons. The summed E-state index contributed by atoms with van der Waals surface area (Å²) in [5, 5.41) is 2.17. The van der Waals surface area contributed by atoms with E-state index in [2.05, 4.69) is 59.1 Å². The van der Waals surface area contributed by atoms with E-state index < -0.39 is 0 Å². The molecule has 0 radical (unpaired) electrons. The summed E-state index contributed by atoms with van der Waals surface area (Å²) in [6.45, 7) is 0. The van der Waals surface area contributed by atoms with E-state index in [0.29, 0.717) is 6.04 Å². The molecular formula is C13H10N2. The summed E-state index contributed by atoms with van der Waals surface area (Å²) < 4.78 is 0. The van der Waals surface area contributed by atoms with E-state index in [4.69, 9.17) is 0 Å². The molecule has 0 fully saturated rings. The number of hydrogen-bond donors (Lipinski definition) is 1. The van der Waals surface area contributed by atoms with Crippen LogP contribution in [0.5, 0.6) is 0 Å². The highest BCUT2D eigenvalue weighted by Crippen LogP contribution is 2.46. The molecule has 4 rings (SSSR count). The van der Waals surface area contributed by atoms with Crippen molar-refractivity contribution in [2.24, 2.45) is 0 Å². The molecule has 1 atom stereocenters. The molecule has 0 amide bonds. The second kappa shape index (κ2) is 2.34. The maximum Gasteiger partial charge on any atom is 0.102 e. The van der Waals surface area contributed by atoms with Crippen LogP contribution in [0.3, 0.4) is 0 Å². The molecule has 0 saturated heterocycles. The maximum atomic E-state index is 3.41. The van der Waals surface area contributed by atoms with Crippen LogP contribution in [0.15, 0.2) is 48.2 Å². The van der Waals surface area contributed by atoms with Crippen LogP contribution in [0.4, 0.5) is 5.69 Å². The van der Waals surface area contributed by atoms with Crippen molar-refractivity contribution in [1.82, 2.24) is 5.01 Å². The van der Waals surface area contributed by atoms with E-state index >= 15 is 0 Å². The van der Waals surface area contributed by atoms with Crippen LogP contribution in [0.2, 0.25) is 0 Å². The molecule has 0 aromatic heterocycles. The number of nitrogens with zero attached hydrogens (tertiary/aromatic N) is 1. The molecule has 15 heavy (non-hydrogen) atoms. The van der Waals surface area contributed by atoms with Gasteiger partial charge in [0, 0.05) is 11.8 Å². The monoisotopic (exact) mass is 194 g/mol. The summed E-state index contributed by atoms with van der Waals surface area (Å²) in [6.07, 6.45) is 10.8. The first-order chi connectivity index (χ1) is 7.43. The zero-order valence-corrected chi connectivity index (χ0v) is 8.14. The topological polar surface area (TPSA) is 15.3 Å². The predicted octanol–water partition coefficient (Wildman–Crippen LogP) is 2.85. The quantitative estimate of drug-likeness (QED) is 0.683. The maximum absolute atomic E-state index is 3.41. The molecule has 1 aliphatic carbocycles. The van der Waals surface area contributed by atoms with Gasteiger partial charge in [0.2, 0.25) is 0 Å². The Balaban J connectivity index is 2.08. The van der Waals surface area contributed by atoms with Gasteiger partial charge in [-0.3, -0.25) is 10.4 Å². The minimum absolute atomic E-state index is 0.381. The number of rotatable bonds is 0. The second-order valence-corrected chi connectivity index (χ2v) is 4.07. The lowest BCUT2D eigenvalue weighted by atomic mass is 9.88. The van der Waals surface area contributed by atoms with Crippen LogP contribution in [-0.4, -0.2) is 5.01 Å². The Hall–Kier alpha value is -1.96. The van der Waals surface area contributed by atoms with Gasteiger partial charge in [0.1, 0.15) is 6.04 Å². The average Bonchev–Trinajstić information content (AvgIpc) is 2.66. The van der Waals surface area contributed by atoms with Crippen molar-refractivity contribution >= 4 is 11.8 Å². The van der Waals surface area contributed by atoms with Gasteiger partial charge in [0.25, 0.3) is 0 Å². The number of nitrogens with one attached hydrogen (secondary N) is 1. The van der Waals surface area contributed by atoms with Crippen LogP contribution in [0.1, 0.15) is 17.2 Å². The molecule has 2 heterocycles. The molecule has 3 aliphatic rings. The molecule has 1 aromatic rings. The van der Waals surface area contributed by atoms with Gasteiger partial charge in [-0.25, -0.2) is 0 Å². The first-order valence-electron chi connectivity index (χ1n) is 5.18.